The van der Waals surface area contributed by atoms with E-state index < -0.39 is 11.9 Å². The summed E-state index contributed by atoms with van der Waals surface area (Å²) in [5.41, 5.74) is 4.27. The van der Waals surface area contributed by atoms with Crippen LogP contribution in [0.4, 0.5) is 0 Å². The van der Waals surface area contributed by atoms with Crippen molar-refractivity contribution in [1.29, 1.82) is 0 Å². The lowest BCUT2D eigenvalue weighted by atomic mass is 9.90. The van der Waals surface area contributed by atoms with Crippen LogP contribution in [0.2, 0.25) is 0 Å². The van der Waals surface area contributed by atoms with E-state index in [9.17, 15) is 9.90 Å². The molecule has 0 amide bonds. The van der Waals surface area contributed by atoms with E-state index >= 15 is 0 Å². The maximum atomic E-state index is 11.9. The van der Waals surface area contributed by atoms with Crippen LogP contribution in [-0.4, -0.2) is 11.1 Å². The Bertz CT molecular complexity index is 1020. The highest BCUT2D eigenvalue weighted by molar-refractivity contribution is 5.95. The lowest BCUT2D eigenvalue weighted by molar-refractivity contribution is -0.137. The molecule has 0 aliphatic rings. The van der Waals surface area contributed by atoms with E-state index in [1.165, 1.54) is 0 Å². The molecule has 0 aliphatic carbocycles. The van der Waals surface area contributed by atoms with Gasteiger partial charge in [-0.3, -0.25) is 4.79 Å². The van der Waals surface area contributed by atoms with Gasteiger partial charge in [-0.15, -0.1) is 0 Å². The van der Waals surface area contributed by atoms with Crippen molar-refractivity contribution in [3.05, 3.63) is 96.3 Å². The predicted molar refractivity (Wildman–Crippen MR) is 97.6 cm³/mol. The standard InChI is InChI=1S/C22H16O3/c23-22(24)21(16-9-5-2-6-10-16)17-11-12-20-18(13-17)19(14-25-20)15-7-3-1-4-8-15/h1-14,21H,(H,23,24). The first-order chi connectivity index (χ1) is 12.2. The number of furan rings is 1. The maximum Gasteiger partial charge on any atom is 0.315 e. The van der Waals surface area contributed by atoms with Crippen LogP contribution in [0.3, 0.4) is 0 Å². The topological polar surface area (TPSA) is 50.4 Å². The summed E-state index contributed by atoms with van der Waals surface area (Å²) in [5.74, 6) is -1.57. The summed E-state index contributed by atoms with van der Waals surface area (Å²) in [5, 5.41) is 10.7. The summed E-state index contributed by atoms with van der Waals surface area (Å²) in [6.07, 6.45) is 1.72. The first-order valence-corrected chi connectivity index (χ1v) is 8.08. The SMILES string of the molecule is O=C(O)C(c1ccccc1)c1ccc2occ(-c3ccccc3)c2c1. The zero-order valence-corrected chi connectivity index (χ0v) is 13.4. The number of benzene rings is 3. The van der Waals surface area contributed by atoms with Gasteiger partial charge in [0.1, 0.15) is 11.5 Å². The Morgan fingerprint density at radius 2 is 1.52 bits per heavy atom. The van der Waals surface area contributed by atoms with Crippen LogP contribution in [0, 0.1) is 0 Å². The Balaban J connectivity index is 1.87. The Labute approximate surface area is 145 Å². The Morgan fingerprint density at radius 1 is 0.840 bits per heavy atom. The zero-order chi connectivity index (χ0) is 17.2. The quantitative estimate of drug-likeness (QED) is 0.552. The highest BCUT2D eigenvalue weighted by Crippen LogP contribution is 2.34. The predicted octanol–water partition coefficient (Wildman–Crippen LogP) is 5.32. The molecule has 1 N–H and O–H groups in total. The van der Waals surface area contributed by atoms with Gasteiger partial charge in [0.15, 0.2) is 0 Å². The van der Waals surface area contributed by atoms with Gasteiger partial charge in [0.05, 0.1) is 6.26 Å². The normalized spacial score (nSPS) is 12.2. The minimum absolute atomic E-state index is 0.705. The van der Waals surface area contributed by atoms with E-state index in [1.54, 1.807) is 6.26 Å². The van der Waals surface area contributed by atoms with E-state index in [2.05, 4.69) is 0 Å². The van der Waals surface area contributed by atoms with E-state index in [0.29, 0.717) is 0 Å². The van der Waals surface area contributed by atoms with E-state index in [0.717, 1.165) is 33.2 Å². The molecule has 1 atom stereocenters. The molecule has 0 radical (unpaired) electrons. The second-order valence-corrected chi connectivity index (χ2v) is 5.95. The molecule has 0 spiro atoms. The molecule has 0 bridgehead atoms. The number of aliphatic carboxylic acids is 1. The Hall–Kier alpha value is -3.33. The van der Waals surface area contributed by atoms with Crippen molar-refractivity contribution >= 4 is 16.9 Å². The van der Waals surface area contributed by atoms with Gasteiger partial charge in [-0.1, -0.05) is 66.7 Å². The van der Waals surface area contributed by atoms with Crippen LogP contribution in [0.25, 0.3) is 22.1 Å². The van der Waals surface area contributed by atoms with E-state index in [4.69, 9.17) is 4.42 Å². The number of carbonyl (C=O) groups is 1. The third-order valence-electron chi connectivity index (χ3n) is 4.40. The molecule has 4 aromatic rings. The summed E-state index contributed by atoms with van der Waals surface area (Å²) in [4.78, 5) is 11.9. The average molecular weight is 328 g/mol. The van der Waals surface area contributed by atoms with Gasteiger partial charge in [0, 0.05) is 10.9 Å². The van der Waals surface area contributed by atoms with Gasteiger partial charge in [-0.05, 0) is 28.8 Å². The molecule has 1 heterocycles. The fourth-order valence-corrected chi connectivity index (χ4v) is 3.19. The number of carboxylic acid groups (broad SMARTS) is 1. The molecule has 3 aromatic carbocycles. The van der Waals surface area contributed by atoms with Crippen LogP contribution < -0.4 is 0 Å². The number of carboxylic acids is 1. The summed E-state index contributed by atoms with van der Waals surface area (Å²) in [7, 11) is 0. The highest BCUT2D eigenvalue weighted by Gasteiger charge is 2.23. The van der Waals surface area contributed by atoms with Gasteiger partial charge in [0.25, 0.3) is 0 Å². The third-order valence-corrected chi connectivity index (χ3v) is 4.40. The van der Waals surface area contributed by atoms with Gasteiger partial charge >= 0.3 is 5.97 Å². The van der Waals surface area contributed by atoms with Crippen LogP contribution >= 0.6 is 0 Å². The van der Waals surface area contributed by atoms with Crippen LogP contribution in [0.15, 0.2) is 89.5 Å². The maximum absolute atomic E-state index is 11.9. The van der Waals surface area contributed by atoms with Crippen molar-refractivity contribution in [3.63, 3.8) is 0 Å². The van der Waals surface area contributed by atoms with Crippen molar-refractivity contribution in [3.8, 4) is 11.1 Å². The highest BCUT2D eigenvalue weighted by atomic mass is 16.4. The molecule has 0 saturated carbocycles. The second kappa shape index (κ2) is 6.29. The van der Waals surface area contributed by atoms with Gasteiger partial charge < -0.3 is 9.52 Å². The first kappa shape index (κ1) is 15.2. The molecule has 3 nitrogen and oxygen atoms in total. The Kier molecular flexibility index (Phi) is 3.82. The molecule has 0 fully saturated rings. The smallest absolute Gasteiger partial charge is 0.315 e. The van der Waals surface area contributed by atoms with Gasteiger partial charge in [0.2, 0.25) is 0 Å². The average Bonchev–Trinajstić information content (AvgIpc) is 3.06. The molecular formula is C22H16O3. The summed E-state index contributed by atoms with van der Waals surface area (Å²) in [6, 6.07) is 24.8. The first-order valence-electron chi connectivity index (χ1n) is 8.08. The number of fused-ring (bicyclic) bond motifs is 1. The summed E-state index contributed by atoms with van der Waals surface area (Å²) < 4.78 is 5.66. The summed E-state index contributed by atoms with van der Waals surface area (Å²) >= 11 is 0. The lowest BCUT2D eigenvalue weighted by Crippen LogP contribution is -2.12. The molecular weight excluding hydrogens is 312 g/mol. The van der Waals surface area contributed by atoms with Crippen molar-refractivity contribution in [2.75, 3.05) is 0 Å². The fourth-order valence-electron chi connectivity index (χ4n) is 3.19. The number of hydrogen-bond acceptors (Lipinski definition) is 2. The molecule has 122 valence electrons. The minimum atomic E-state index is -0.865. The molecule has 4 rings (SSSR count). The third kappa shape index (κ3) is 2.81. The second-order valence-electron chi connectivity index (χ2n) is 5.95. The lowest BCUT2D eigenvalue weighted by Gasteiger charge is -2.13. The van der Waals surface area contributed by atoms with Crippen LogP contribution in [0.5, 0.6) is 0 Å². The molecule has 3 heteroatoms. The number of rotatable bonds is 4. The monoisotopic (exact) mass is 328 g/mol. The van der Waals surface area contributed by atoms with Crippen molar-refractivity contribution in [2.45, 2.75) is 5.92 Å². The largest absolute Gasteiger partial charge is 0.481 e. The molecule has 0 aliphatic heterocycles. The molecule has 25 heavy (non-hydrogen) atoms. The van der Waals surface area contributed by atoms with Crippen LogP contribution in [0.1, 0.15) is 17.0 Å². The van der Waals surface area contributed by atoms with E-state index in [-0.39, 0.29) is 0 Å². The fraction of sp³-hybridized carbons (Fsp3) is 0.0455. The van der Waals surface area contributed by atoms with Crippen LogP contribution in [-0.2, 0) is 4.79 Å². The molecule has 1 aromatic heterocycles. The van der Waals surface area contributed by atoms with Gasteiger partial charge in [-0.2, -0.15) is 0 Å². The van der Waals surface area contributed by atoms with E-state index in [1.807, 2.05) is 78.9 Å². The zero-order valence-electron chi connectivity index (χ0n) is 13.4. The van der Waals surface area contributed by atoms with Crippen molar-refractivity contribution < 1.29 is 14.3 Å². The van der Waals surface area contributed by atoms with Crippen molar-refractivity contribution in [2.24, 2.45) is 0 Å². The minimum Gasteiger partial charge on any atom is -0.481 e. The van der Waals surface area contributed by atoms with Crippen molar-refractivity contribution in [1.82, 2.24) is 0 Å². The molecule has 0 saturated heterocycles. The summed E-state index contributed by atoms with van der Waals surface area (Å²) in [6.45, 7) is 0. The molecule has 1 unspecified atom stereocenters. The van der Waals surface area contributed by atoms with Gasteiger partial charge in [-0.25, -0.2) is 0 Å². The Morgan fingerprint density at radius 3 is 2.20 bits per heavy atom. The number of hydrogen-bond donors (Lipinski definition) is 1.